The zero-order chi connectivity index (χ0) is 20.7. The molecule has 3 N–H and O–H groups in total. The molecule has 1 aromatic carbocycles. The number of hydrogen-bond donors (Lipinski definition) is 3. The topological polar surface area (TPSA) is 85.8 Å². The number of guanidine groups is 1. The first-order chi connectivity index (χ1) is 14.0. The van der Waals surface area contributed by atoms with Crippen molar-refractivity contribution in [1.29, 1.82) is 0 Å². The Hall–Kier alpha value is -2.17. The Kier molecular flexibility index (Phi) is 7.45. The molecule has 1 unspecified atom stereocenters. The molecule has 0 radical (unpaired) electrons. The van der Waals surface area contributed by atoms with Crippen LogP contribution in [0.25, 0.3) is 0 Å². The third-order valence-corrected chi connectivity index (χ3v) is 7.49. The van der Waals surface area contributed by atoms with Crippen molar-refractivity contribution in [2.45, 2.75) is 23.1 Å². The fourth-order valence-electron chi connectivity index (χ4n) is 3.24. The maximum absolute atomic E-state index is 13.5. The molecule has 1 fully saturated rings. The lowest BCUT2D eigenvalue weighted by Gasteiger charge is -2.35. The molecule has 0 amide bonds. The number of anilines is 1. The number of thiophene rings is 1. The van der Waals surface area contributed by atoms with Crippen LogP contribution in [0.3, 0.4) is 0 Å². The van der Waals surface area contributed by atoms with Gasteiger partial charge < -0.3 is 15.5 Å². The first-order valence-corrected chi connectivity index (χ1v) is 11.8. The maximum atomic E-state index is 13.5. The molecule has 1 aromatic heterocycles. The van der Waals surface area contributed by atoms with E-state index >= 15 is 0 Å². The summed E-state index contributed by atoms with van der Waals surface area (Å²) in [6, 6.07) is 10.1. The van der Waals surface area contributed by atoms with Crippen molar-refractivity contribution in [2.75, 3.05) is 38.1 Å². The lowest BCUT2D eigenvalue weighted by atomic mass is 10.0. The number of aliphatic imine (C=N–C) groups is 1. The van der Waals surface area contributed by atoms with E-state index in [1.54, 1.807) is 36.7 Å². The zero-order valence-corrected chi connectivity index (χ0v) is 17.9. The van der Waals surface area contributed by atoms with Crippen LogP contribution in [0.1, 0.15) is 12.8 Å². The number of halogens is 1. The SMILES string of the molecule is CN=C(NCCNS(=O)(=O)c1cccs1)NC1CCCN(c2cccc(F)c2)C1. The summed E-state index contributed by atoms with van der Waals surface area (Å²) in [6.45, 7) is 2.29. The highest BCUT2D eigenvalue weighted by Gasteiger charge is 2.21. The summed E-state index contributed by atoms with van der Waals surface area (Å²) < 4.78 is 40.6. The molecule has 0 aliphatic carbocycles. The number of sulfonamides is 1. The fraction of sp³-hybridized carbons (Fsp3) is 0.421. The summed E-state index contributed by atoms with van der Waals surface area (Å²) >= 11 is 1.19. The second-order valence-corrected chi connectivity index (χ2v) is 9.68. The van der Waals surface area contributed by atoms with Crippen molar-refractivity contribution in [3.8, 4) is 0 Å². The molecular formula is C19H26FN5O2S2. The first-order valence-electron chi connectivity index (χ1n) is 9.49. The van der Waals surface area contributed by atoms with E-state index in [4.69, 9.17) is 0 Å². The summed E-state index contributed by atoms with van der Waals surface area (Å²) in [4.78, 5) is 6.38. The minimum absolute atomic E-state index is 0.168. The predicted octanol–water partition coefficient (Wildman–Crippen LogP) is 2.00. The molecular weight excluding hydrogens is 413 g/mol. The third kappa shape index (κ3) is 6.15. The van der Waals surface area contributed by atoms with E-state index in [-0.39, 0.29) is 18.4 Å². The summed E-state index contributed by atoms with van der Waals surface area (Å²) in [5.41, 5.74) is 0.877. The first kappa shape index (κ1) is 21.5. The molecule has 1 saturated heterocycles. The molecule has 0 spiro atoms. The highest BCUT2D eigenvalue weighted by atomic mass is 32.2. The van der Waals surface area contributed by atoms with Gasteiger partial charge in [-0.2, -0.15) is 0 Å². The van der Waals surface area contributed by atoms with Crippen LogP contribution < -0.4 is 20.3 Å². The standard InChI is InChI=1S/C19H26FN5O2S2/c1-21-19(22-9-10-23-29(26,27)18-8-4-12-28-18)24-16-6-3-11-25(14-16)17-7-2-5-15(20)13-17/h2,4-5,7-8,12-13,16,23H,3,6,9-11,14H2,1H3,(H2,21,22,24). The van der Waals surface area contributed by atoms with Crippen LogP contribution in [0.4, 0.5) is 10.1 Å². The van der Waals surface area contributed by atoms with Gasteiger partial charge in [0.25, 0.3) is 0 Å². The summed E-state index contributed by atoms with van der Waals surface area (Å²) in [5, 5.41) is 8.24. The molecule has 2 heterocycles. The lowest BCUT2D eigenvalue weighted by Crippen LogP contribution is -2.52. The normalized spacial score (nSPS) is 17.9. The molecule has 29 heavy (non-hydrogen) atoms. The van der Waals surface area contributed by atoms with Crippen LogP contribution in [-0.2, 0) is 10.0 Å². The van der Waals surface area contributed by atoms with Crippen molar-refractivity contribution in [3.05, 3.63) is 47.6 Å². The molecule has 1 atom stereocenters. The lowest BCUT2D eigenvalue weighted by molar-refractivity contribution is 0.467. The Morgan fingerprint density at radius 3 is 2.90 bits per heavy atom. The number of piperidine rings is 1. The largest absolute Gasteiger partial charge is 0.369 e. The van der Waals surface area contributed by atoms with E-state index < -0.39 is 10.0 Å². The Morgan fingerprint density at radius 2 is 2.17 bits per heavy atom. The smallest absolute Gasteiger partial charge is 0.250 e. The van der Waals surface area contributed by atoms with Gasteiger partial charge >= 0.3 is 0 Å². The van der Waals surface area contributed by atoms with E-state index in [1.165, 1.54) is 17.4 Å². The van der Waals surface area contributed by atoms with Gasteiger partial charge in [-0.1, -0.05) is 12.1 Å². The summed E-state index contributed by atoms with van der Waals surface area (Å²) in [5.74, 6) is 0.381. The number of hydrogen-bond acceptors (Lipinski definition) is 5. The van der Waals surface area contributed by atoms with E-state index in [9.17, 15) is 12.8 Å². The Labute approximate surface area is 175 Å². The van der Waals surface area contributed by atoms with Gasteiger partial charge in [-0.15, -0.1) is 11.3 Å². The highest BCUT2D eigenvalue weighted by Crippen LogP contribution is 2.20. The van der Waals surface area contributed by atoms with Crippen molar-refractivity contribution in [2.24, 2.45) is 4.99 Å². The molecule has 3 rings (SSSR count). The summed E-state index contributed by atoms with van der Waals surface area (Å²) in [7, 11) is -1.78. The highest BCUT2D eigenvalue weighted by molar-refractivity contribution is 7.91. The third-order valence-electron chi connectivity index (χ3n) is 4.63. The van der Waals surface area contributed by atoms with Crippen LogP contribution in [0.5, 0.6) is 0 Å². The minimum atomic E-state index is -3.46. The monoisotopic (exact) mass is 439 g/mol. The molecule has 0 bridgehead atoms. The molecule has 2 aromatic rings. The van der Waals surface area contributed by atoms with E-state index in [2.05, 4.69) is 25.2 Å². The van der Waals surface area contributed by atoms with Gasteiger partial charge in [0.2, 0.25) is 10.0 Å². The minimum Gasteiger partial charge on any atom is -0.369 e. The van der Waals surface area contributed by atoms with E-state index in [0.717, 1.165) is 31.6 Å². The van der Waals surface area contributed by atoms with Crippen LogP contribution in [0, 0.1) is 5.82 Å². The van der Waals surface area contributed by atoms with Gasteiger partial charge in [0.1, 0.15) is 10.0 Å². The molecule has 158 valence electrons. The number of nitrogens with zero attached hydrogens (tertiary/aromatic N) is 2. The number of rotatable bonds is 7. The van der Waals surface area contributed by atoms with E-state index in [0.29, 0.717) is 16.7 Å². The average Bonchev–Trinajstić information content (AvgIpc) is 3.26. The Morgan fingerprint density at radius 1 is 1.31 bits per heavy atom. The van der Waals surface area contributed by atoms with Gasteiger partial charge in [0, 0.05) is 45.0 Å². The molecule has 1 aliphatic heterocycles. The van der Waals surface area contributed by atoms with Crippen molar-refractivity contribution >= 4 is 33.0 Å². The van der Waals surface area contributed by atoms with Crippen LogP contribution >= 0.6 is 11.3 Å². The second kappa shape index (κ2) is 10.0. The van der Waals surface area contributed by atoms with E-state index in [1.807, 2.05) is 6.07 Å². The number of nitrogens with one attached hydrogen (secondary N) is 3. The van der Waals surface area contributed by atoms with Crippen LogP contribution in [0.2, 0.25) is 0 Å². The van der Waals surface area contributed by atoms with Crippen LogP contribution in [-0.4, -0.2) is 53.6 Å². The molecule has 10 heteroatoms. The van der Waals surface area contributed by atoms with Crippen molar-refractivity contribution < 1.29 is 12.8 Å². The van der Waals surface area contributed by atoms with Gasteiger partial charge in [-0.05, 0) is 42.5 Å². The average molecular weight is 440 g/mol. The van der Waals surface area contributed by atoms with Crippen LogP contribution in [0.15, 0.2) is 51.0 Å². The van der Waals surface area contributed by atoms with Crippen molar-refractivity contribution in [3.63, 3.8) is 0 Å². The zero-order valence-electron chi connectivity index (χ0n) is 16.3. The Balaban J connectivity index is 1.46. The summed E-state index contributed by atoms with van der Waals surface area (Å²) in [6.07, 6.45) is 1.98. The molecule has 0 saturated carbocycles. The molecule has 7 nitrogen and oxygen atoms in total. The van der Waals surface area contributed by atoms with Gasteiger partial charge in [0.15, 0.2) is 5.96 Å². The predicted molar refractivity (Wildman–Crippen MR) is 116 cm³/mol. The maximum Gasteiger partial charge on any atom is 0.250 e. The van der Waals surface area contributed by atoms with Gasteiger partial charge in [-0.25, -0.2) is 17.5 Å². The fourth-order valence-corrected chi connectivity index (χ4v) is 5.31. The second-order valence-electron chi connectivity index (χ2n) is 6.74. The number of benzene rings is 1. The molecule has 1 aliphatic rings. The van der Waals surface area contributed by atoms with Crippen molar-refractivity contribution in [1.82, 2.24) is 15.4 Å². The quantitative estimate of drug-likeness (QED) is 0.349. The Bertz CT molecular complexity index is 918. The van der Waals surface area contributed by atoms with Gasteiger partial charge in [-0.3, -0.25) is 4.99 Å². The van der Waals surface area contributed by atoms with Gasteiger partial charge in [0.05, 0.1) is 0 Å².